The molecule has 0 bridgehead atoms. The standard InChI is InChI=1S/C29H24ClNO2/c30-25-16-18-26(19-17-25)31-27(20-28(32)22-10-4-1-5-11-22)21-29(33,23-12-6-2-7-13-23)24-14-8-3-9-15-24/h1-20,31,33H,21H2/b27-20+. The Balaban J connectivity index is 1.76. The van der Waals surface area contributed by atoms with Crippen LogP contribution in [0.25, 0.3) is 0 Å². The molecule has 0 saturated carbocycles. The summed E-state index contributed by atoms with van der Waals surface area (Å²) in [5, 5.41) is 16.0. The van der Waals surface area contributed by atoms with Crippen LogP contribution in [0.15, 0.2) is 127 Å². The molecule has 33 heavy (non-hydrogen) atoms. The molecule has 0 amide bonds. The molecule has 164 valence electrons. The van der Waals surface area contributed by atoms with Crippen molar-refractivity contribution in [2.45, 2.75) is 12.0 Å². The summed E-state index contributed by atoms with van der Waals surface area (Å²) in [4.78, 5) is 13.0. The Labute approximate surface area is 199 Å². The number of carbonyl (C=O) groups excluding carboxylic acids is 1. The van der Waals surface area contributed by atoms with Gasteiger partial charge in [0.1, 0.15) is 5.60 Å². The second kappa shape index (κ2) is 10.3. The Kier molecular flexibility index (Phi) is 7.04. The van der Waals surface area contributed by atoms with Gasteiger partial charge in [0.05, 0.1) is 0 Å². The molecule has 0 saturated heterocycles. The number of ketones is 1. The Morgan fingerprint density at radius 2 is 1.24 bits per heavy atom. The molecule has 0 aromatic heterocycles. The van der Waals surface area contributed by atoms with E-state index >= 15 is 0 Å². The third-order valence-corrected chi connectivity index (χ3v) is 5.71. The summed E-state index contributed by atoms with van der Waals surface area (Å²) in [5.41, 5.74) is 2.08. The van der Waals surface area contributed by atoms with E-state index in [4.69, 9.17) is 11.6 Å². The molecule has 4 rings (SSSR count). The molecule has 0 spiro atoms. The van der Waals surface area contributed by atoms with Crippen LogP contribution in [0.4, 0.5) is 5.69 Å². The normalized spacial score (nSPS) is 11.8. The van der Waals surface area contributed by atoms with E-state index in [0.29, 0.717) is 16.3 Å². The van der Waals surface area contributed by atoms with Gasteiger partial charge >= 0.3 is 0 Å². The van der Waals surface area contributed by atoms with Crippen molar-refractivity contribution >= 4 is 23.1 Å². The summed E-state index contributed by atoms with van der Waals surface area (Å²) in [6.45, 7) is 0. The number of anilines is 1. The fourth-order valence-electron chi connectivity index (χ4n) is 3.77. The van der Waals surface area contributed by atoms with Gasteiger partial charge in [0.25, 0.3) is 0 Å². The van der Waals surface area contributed by atoms with Crippen LogP contribution in [-0.2, 0) is 5.60 Å². The quantitative estimate of drug-likeness (QED) is 0.226. The van der Waals surface area contributed by atoms with Gasteiger partial charge in [0.15, 0.2) is 5.78 Å². The van der Waals surface area contributed by atoms with E-state index < -0.39 is 5.60 Å². The molecule has 4 heteroatoms. The molecular formula is C29H24ClNO2. The van der Waals surface area contributed by atoms with Crippen LogP contribution >= 0.6 is 11.6 Å². The highest BCUT2D eigenvalue weighted by Gasteiger charge is 2.33. The minimum atomic E-state index is -1.34. The molecule has 2 N–H and O–H groups in total. The number of benzene rings is 4. The van der Waals surface area contributed by atoms with Crippen molar-refractivity contribution < 1.29 is 9.90 Å². The zero-order chi connectivity index (χ0) is 23.1. The van der Waals surface area contributed by atoms with Crippen molar-refractivity contribution in [1.82, 2.24) is 0 Å². The highest BCUT2D eigenvalue weighted by atomic mass is 35.5. The van der Waals surface area contributed by atoms with E-state index in [1.165, 1.54) is 0 Å². The predicted octanol–water partition coefficient (Wildman–Crippen LogP) is 6.84. The maximum atomic E-state index is 13.0. The average Bonchev–Trinajstić information content (AvgIpc) is 2.87. The molecule has 0 fully saturated rings. The van der Waals surface area contributed by atoms with E-state index in [-0.39, 0.29) is 12.2 Å². The maximum Gasteiger partial charge on any atom is 0.187 e. The number of allylic oxidation sites excluding steroid dienone is 1. The van der Waals surface area contributed by atoms with Crippen molar-refractivity contribution in [3.8, 4) is 0 Å². The molecular weight excluding hydrogens is 430 g/mol. The Hall–Kier alpha value is -3.66. The van der Waals surface area contributed by atoms with Crippen LogP contribution in [-0.4, -0.2) is 10.9 Å². The van der Waals surface area contributed by atoms with Gasteiger partial charge < -0.3 is 10.4 Å². The van der Waals surface area contributed by atoms with Crippen LogP contribution in [0.1, 0.15) is 27.9 Å². The maximum absolute atomic E-state index is 13.0. The largest absolute Gasteiger partial charge is 0.380 e. The lowest BCUT2D eigenvalue weighted by Gasteiger charge is -2.31. The van der Waals surface area contributed by atoms with Gasteiger partial charge in [-0.25, -0.2) is 0 Å². The number of rotatable bonds is 8. The van der Waals surface area contributed by atoms with E-state index in [9.17, 15) is 9.90 Å². The molecule has 0 unspecified atom stereocenters. The number of hydrogen-bond acceptors (Lipinski definition) is 3. The SMILES string of the molecule is O=C(/C=C(\CC(O)(c1ccccc1)c1ccccc1)Nc1ccc(Cl)cc1)c1ccccc1. The summed E-state index contributed by atoms with van der Waals surface area (Å²) in [5.74, 6) is -0.143. The highest BCUT2D eigenvalue weighted by Crippen LogP contribution is 2.36. The fourth-order valence-corrected chi connectivity index (χ4v) is 3.89. The van der Waals surface area contributed by atoms with Gasteiger partial charge in [0, 0.05) is 34.5 Å². The average molecular weight is 454 g/mol. The van der Waals surface area contributed by atoms with Crippen LogP contribution in [0.2, 0.25) is 5.02 Å². The van der Waals surface area contributed by atoms with Crippen molar-refractivity contribution in [2.75, 3.05) is 5.32 Å². The van der Waals surface area contributed by atoms with E-state index in [1.807, 2.05) is 91.0 Å². The second-order valence-electron chi connectivity index (χ2n) is 7.80. The summed E-state index contributed by atoms with van der Waals surface area (Å²) in [6, 6.07) is 35.3. The van der Waals surface area contributed by atoms with Crippen molar-refractivity contribution in [1.29, 1.82) is 0 Å². The van der Waals surface area contributed by atoms with E-state index in [1.54, 1.807) is 30.3 Å². The number of halogens is 1. The lowest BCUT2D eigenvalue weighted by Crippen LogP contribution is -2.29. The first kappa shape index (κ1) is 22.5. The van der Waals surface area contributed by atoms with Crippen LogP contribution < -0.4 is 5.32 Å². The molecule has 0 aliphatic carbocycles. The summed E-state index contributed by atoms with van der Waals surface area (Å²) >= 11 is 6.04. The summed E-state index contributed by atoms with van der Waals surface area (Å²) < 4.78 is 0. The second-order valence-corrected chi connectivity index (χ2v) is 8.24. The highest BCUT2D eigenvalue weighted by molar-refractivity contribution is 6.30. The van der Waals surface area contributed by atoms with Crippen LogP contribution in [0, 0.1) is 0 Å². The number of nitrogens with one attached hydrogen (secondary N) is 1. The van der Waals surface area contributed by atoms with Crippen molar-refractivity contribution in [3.05, 3.63) is 149 Å². The predicted molar refractivity (Wildman–Crippen MR) is 134 cm³/mol. The van der Waals surface area contributed by atoms with Crippen LogP contribution in [0.3, 0.4) is 0 Å². The number of aliphatic hydroxyl groups is 1. The zero-order valence-electron chi connectivity index (χ0n) is 18.0. The van der Waals surface area contributed by atoms with Gasteiger partial charge in [-0.3, -0.25) is 4.79 Å². The lowest BCUT2D eigenvalue weighted by atomic mass is 9.82. The van der Waals surface area contributed by atoms with Gasteiger partial charge in [0.2, 0.25) is 0 Å². The summed E-state index contributed by atoms with van der Waals surface area (Å²) in [7, 11) is 0. The van der Waals surface area contributed by atoms with Gasteiger partial charge in [-0.2, -0.15) is 0 Å². The summed E-state index contributed by atoms with van der Waals surface area (Å²) in [6.07, 6.45) is 1.73. The van der Waals surface area contributed by atoms with Crippen molar-refractivity contribution in [2.24, 2.45) is 0 Å². The number of hydrogen-bond donors (Lipinski definition) is 2. The smallest absolute Gasteiger partial charge is 0.187 e. The van der Waals surface area contributed by atoms with Crippen LogP contribution in [0.5, 0.6) is 0 Å². The molecule has 0 aliphatic heterocycles. The van der Waals surface area contributed by atoms with Gasteiger partial charge in [-0.1, -0.05) is 103 Å². The molecule has 0 aliphatic rings. The molecule has 4 aromatic carbocycles. The van der Waals surface area contributed by atoms with E-state index in [0.717, 1.165) is 16.8 Å². The minimum absolute atomic E-state index is 0.143. The van der Waals surface area contributed by atoms with Gasteiger partial charge in [-0.15, -0.1) is 0 Å². The molecule has 0 heterocycles. The molecule has 4 aromatic rings. The number of carbonyl (C=O) groups is 1. The zero-order valence-corrected chi connectivity index (χ0v) is 18.7. The van der Waals surface area contributed by atoms with Crippen molar-refractivity contribution in [3.63, 3.8) is 0 Å². The van der Waals surface area contributed by atoms with E-state index in [2.05, 4.69) is 5.32 Å². The molecule has 0 atom stereocenters. The first-order valence-corrected chi connectivity index (χ1v) is 11.1. The third kappa shape index (κ3) is 5.58. The topological polar surface area (TPSA) is 49.3 Å². The third-order valence-electron chi connectivity index (χ3n) is 5.46. The minimum Gasteiger partial charge on any atom is -0.380 e. The molecule has 3 nitrogen and oxygen atoms in total. The monoisotopic (exact) mass is 453 g/mol. The Morgan fingerprint density at radius 3 is 1.76 bits per heavy atom. The Bertz CT molecular complexity index is 1180. The Morgan fingerprint density at radius 1 is 0.758 bits per heavy atom. The first-order valence-electron chi connectivity index (χ1n) is 10.7. The van der Waals surface area contributed by atoms with Gasteiger partial charge in [-0.05, 0) is 35.4 Å². The lowest BCUT2D eigenvalue weighted by molar-refractivity contribution is 0.0812. The molecule has 0 radical (unpaired) electrons. The first-order chi connectivity index (χ1) is 16.0. The fraction of sp³-hybridized carbons (Fsp3) is 0.0690.